The average Bonchev–Trinajstić information content (AvgIpc) is 2.64. The molecule has 0 saturated carbocycles. The Morgan fingerprint density at radius 1 is 1.28 bits per heavy atom. The average molecular weight is 244 g/mol. The molecule has 1 aromatic carbocycles. The molecule has 0 radical (unpaired) electrons. The lowest BCUT2D eigenvalue weighted by Gasteiger charge is -2.09. The molecule has 1 aromatic heterocycles. The number of aryl methyl sites for hydroxylation is 1. The van der Waals surface area contributed by atoms with Gasteiger partial charge < -0.3 is 10.3 Å². The van der Waals surface area contributed by atoms with Crippen LogP contribution in [-0.4, -0.2) is 5.16 Å². The SMILES string of the molecule is Cc1cccc(-c2noc(N)c2CC(C)C)c1C. The van der Waals surface area contributed by atoms with Crippen molar-refractivity contribution in [1.82, 2.24) is 5.16 Å². The molecule has 0 unspecified atom stereocenters. The maximum Gasteiger partial charge on any atom is 0.225 e. The number of rotatable bonds is 3. The van der Waals surface area contributed by atoms with E-state index in [0.29, 0.717) is 11.8 Å². The van der Waals surface area contributed by atoms with Gasteiger partial charge in [0.1, 0.15) is 5.69 Å². The van der Waals surface area contributed by atoms with Crippen molar-refractivity contribution in [2.45, 2.75) is 34.1 Å². The number of anilines is 1. The molecule has 0 saturated heterocycles. The highest BCUT2D eigenvalue weighted by atomic mass is 16.5. The van der Waals surface area contributed by atoms with Crippen molar-refractivity contribution >= 4 is 5.88 Å². The molecule has 2 aromatic rings. The Hall–Kier alpha value is -1.77. The topological polar surface area (TPSA) is 52.0 Å². The van der Waals surface area contributed by atoms with Crippen LogP contribution >= 0.6 is 0 Å². The first-order chi connectivity index (χ1) is 8.50. The van der Waals surface area contributed by atoms with Crippen LogP contribution in [0.4, 0.5) is 5.88 Å². The van der Waals surface area contributed by atoms with Crippen LogP contribution < -0.4 is 5.73 Å². The molecule has 0 aliphatic carbocycles. The van der Waals surface area contributed by atoms with Gasteiger partial charge >= 0.3 is 0 Å². The minimum atomic E-state index is 0.444. The zero-order chi connectivity index (χ0) is 13.3. The summed E-state index contributed by atoms with van der Waals surface area (Å²) < 4.78 is 5.17. The van der Waals surface area contributed by atoms with Gasteiger partial charge in [0.25, 0.3) is 0 Å². The Kier molecular flexibility index (Phi) is 3.41. The Morgan fingerprint density at radius 2 is 2.00 bits per heavy atom. The van der Waals surface area contributed by atoms with Gasteiger partial charge in [-0.1, -0.05) is 37.2 Å². The summed E-state index contributed by atoms with van der Waals surface area (Å²) in [6.45, 7) is 8.54. The van der Waals surface area contributed by atoms with E-state index < -0.39 is 0 Å². The van der Waals surface area contributed by atoms with Crippen molar-refractivity contribution in [3.8, 4) is 11.3 Å². The normalized spacial score (nSPS) is 11.2. The molecule has 3 nitrogen and oxygen atoms in total. The fourth-order valence-electron chi connectivity index (χ4n) is 2.15. The van der Waals surface area contributed by atoms with E-state index in [4.69, 9.17) is 10.3 Å². The summed E-state index contributed by atoms with van der Waals surface area (Å²) >= 11 is 0. The first kappa shape index (κ1) is 12.7. The predicted octanol–water partition coefficient (Wildman–Crippen LogP) is 3.74. The molecule has 0 bridgehead atoms. The lowest BCUT2D eigenvalue weighted by atomic mass is 9.95. The number of nitrogens with zero attached hydrogens (tertiary/aromatic N) is 1. The molecule has 0 fully saturated rings. The summed E-state index contributed by atoms with van der Waals surface area (Å²) in [6, 6.07) is 6.22. The first-order valence-electron chi connectivity index (χ1n) is 6.31. The standard InChI is InChI=1S/C15H20N2O/c1-9(2)8-13-14(17-18-15(13)16)12-7-5-6-10(3)11(12)4/h5-7,9H,8,16H2,1-4H3. The molecule has 18 heavy (non-hydrogen) atoms. The maximum atomic E-state index is 5.89. The number of aromatic nitrogens is 1. The van der Waals surface area contributed by atoms with E-state index in [0.717, 1.165) is 23.2 Å². The first-order valence-corrected chi connectivity index (χ1v) is 6.31. The minimum Gasteiger partial charge on any atom is -0.367 e. The number of hydrogen-bond acceptors (Lipinski definition) is 3. The quantitative estimate of drug-likeness (QED) is 0.894. The van der Waals surface area contributed by atoms with Crippen molar-refractivity contribution in [2.75, 3.05) is 5.73 Å². The van der Waals surface area contributed by atoms with Gasteiger partial charge in [-0.05, 0) is 37.3 Å². The van der Waals surface area contributed by atoms with Crippen LogP contribution in [0, 0.1) is 19.8 Å². The van der Waals surface area contributed by atoms with Crippen LogP contribution in [0.1, 0.15) is 30.5 Å². The van der Waals surface area contributed by atoms with E-state index in [2.05, 4.69) is 45.0 Å². The smallest absolute Gasteiger partial charge is 0.225 e. The summed E-state index contributed by atoms with van der Waals surface area (Å²) in [6.07, 6.45) is 0.887. The molecule has 0 aliphatic heterocycles. The van der Waals surface area contributed by atoms with Crippen LogP contribution in [0.25, 0.3) is 11.3 Å². The molecule has 96 valence electrons. The van der Waals surface area contributed by atoms with Crippen LogP contribution in [0.15, 0.2) is 22.7 Å². The van der Waals surface area contributed by atoms with Gasteiger partial charge in [-0.2, -0.15) is 0 Å². The van der Waals surface area contributed by atoms with Crippen LogP contribution in [0.2, 0.25) is 0 Å². The summed E-state index contributed by atoms with van der Waals surface area (Å²) in [4.78, 5) is 0. The van der Waals surface area contributed by atoms with Gasteiger partial charge in [0, 0.05) is 11.1 Å². The third kappa shape index (κ3) is 2.26. The van der Waals surface area contributed by atoms with E-state index in [1.807, 2.05) is 6.07 Å². The summed E-state index contributed by atoms with van der Waals surface area (Å²) in [5.41, 5.74) is 11.4. The molecule has 0 amide bonds. The minimum absolute atomic E-state index is 0.444. The van der Waals surface area contributed by atoms with Gasteiger partial charge in [0.05, 0.1) is 0 Å². The van der Waals surface area contributed by atoms with Crippen LogP contribution in [0.3, 0.4) is 0 Å². The fraction of sp³-hybridized carbons (Fsp3) is 0.400. The molecule has 1 heterocycles. The second-order valence-electron chi connectivity index (χ2n) is 5.22. The lowest BCUT2D eigenvalue weighted by molar-refractivity contribution is 0.438. The predicted molar refractivity (Wildman–Crippen MR) is 74.4 cm³/mol. The number of hydrogen-bond donors (Lipinski definition) is 1. The maximum absolute atomic E-state index is 5.89. The molecule has 2 N–H and O–H groups in total. The molecule has 0 spiro atoms. The van der Waals surface area contributed by atoms with Crippen molar-refractivity contribution in [3.63, 3.8) is 0 Å². The van der Waals surface area contributed by atoms with E-state index >= 15 is 0 Å². The fourth-order valence-corrected chi connectivity index (χ4v) is 2.15. The Labute approximate surface area is 108 Å². The van der Waals surface area contributed by atoms with Gasteiger partial charge in [-0.25, -0.2) is 0 Å². The van der Waals surface area contributed by atoms with Gasteiger partial charge in [0.2, 0.25) is 5.88 Å². The van der Waals surface area contributed by atoms with Gasteiger partial charge in [-0.3, -0.25) is 0 Å². The highest BCUT2D eigenvalue weighted by Gasteiger charge is 2.18. The molecule has 3 heteroatoms. The second-order valence-corrected chi connectivity index (χ2v) is 5.22. The largest absolute Gasteiger partial charge is 0.367 e. The molecule has 0 aliphatic rings. The summed E-state index contributed by atoms with van der Waals surface area (Å²) in [7, 11) is 0. The summed E-state index contributed by atoms with van der Waals surface area (Å²) in [5.74, 6) is 0.968. The van der Waals surface area contributed by atoms with Crippen molar-refractivity contribution in [1.29, 1.82) is 0 Å². The summed E-state index contributed by atoms with van der Waals surface area (Å²) in [5, 5.41) is 4.14. The van der Waals surface area contributed by atoms with Gasteiger partial charge in [-0.15, -0.1) is 0 Å². The second kappa shape index (κ2) is 4.84. The van der Waals surface area contributed by atoms with Crippen molar-refractivity contribution < 1.29 is 4.52 Å². The van der Waals surface area contributed by atoms with E-state index in [1.54, 1.807) is 0 Å². The monoisotopic (exact) mass is 244 g/mol. The lowest BCUT2D eigenvalue weighted by Crippen LogP contribution is -1.99. The van der Waals surface area contributed by atoms with Crippen molar-refractivity contribution in [3.05, 3.63) is 34.9 Å². The third-order valence-corrected chi connectivity index (χ3v) is 3.29. The third-order valence-electron chi connectivity index (χ3n) is 3.29. The van der Waals surface area contributed by atoms with E-state index in [9.17, 15) is 0 Å². The Balaban J connectivity index is 2.54. The number of benzene rings is 1. The molecule has 0 atom stereocenters. The van der Waals surface area contributed by atoms with E-state index in [1.165, 1.54) is 11.1 Å². The van der Waals surface area contributed by atoms with E-state index in [-0.39, 0.29) is 0 Å². The highest BCUT2D eigenvalue weighted by molar-refractivity contribution is 5.70. The molecule has 2 rings (SSSR count). The Bertz CT molecular complexity index is 556. The molecular formula is C15H20N2O. The van der Waals surface area contributed by atoms with Crippen LogP contribution in [-0.2, 0) is 6.42 Å². The van der Waals surface area contributed by atoms with Crippen molar-refractivity contribution in [2.24, 2.45) is 5.92 Å². The van der Waals surface area contributed by atoms with Crippen LogP contribution in [0.5, 0.6) is 0 Å². The zero-order valence-electron chi connectivity index (χ0n) is 11.4. The number of nitrogens with two attached hydrogens (primary N) is 1. The number of nitrogen functional groups attached to an aromatic ring is 1. The van der Waals surface area contributed by atoms with Gasteiger partial charge in [0.15, 0.2) is 0 Å². The zero-order valence-corrected chi connectivity index (χ0v) is 11.4. The highest BCUT2D eigenvalue weighted by Crippen LogP contribution is 2.32. The molecular weight excluding hydrogens is 224 g/mol. The Morgan fingerprint density at radius 3 is 2.67 bits per heavy atom.